The molecule has 3 heteroatoms. The molecule has 0 aromatic rings. The number of allylic oxidation sites excluding steroid dienone is 4. The van der Waals surface area contributed by atoms with Crippen LogP contribution in [-0.4, -0.2) is 17.4 Å². The maximum atomic E-state index is 12.1. The molecule has 1 saturated heterocycles. The Morgan fingerprint density at radius 2 is 1.89 bits per heavy atom. The summed E-state index contributed by atoms with van der Waals surface area (Å²) in [5.74, 6) is 3.51. The third kappa shape index (κ3) is 1.76. The topological polar surface area (TPSA) is 43.4 Å². The van der Waals surface area contributed by atoms with Crippen molar-refractivity contribution in [2.45, 2.75) is 71.3 Å². The highest BCUT2D eigenvalue weighted by Gasteiger charge is 2.78. The minimum atomic E-state index is -0.175. The van der Waals surface area contributed by atoms with Gasteiger partial charge in [0.2, 0.25) is 0 Å². The van der Waals surface area contributed by atoms with Crippen LogP contribution in [0.5, 0.6) is 0 Å². The number of carbonyl (C=O) groups excluding carboxylic acids is 2. The third-order valence-electron chi connectivity index (χ3n) is 9.95. The van der Waals surface area contributed by atoms with Crippen LogP contribution < -0.4 is 0 Å². The van der Waals surface area contributed by atoms with Crippen molar-refractivity contribution in [3.63, 3.8) is 0 Å². The zero-order valence-corrected chi connectivity index (χ0v) is 16.7. The Labute approximate surface area is 161 Å². The van der Waals surface area contributed by atoms with Gasteiger partial charge in [0.15, 0.2) is 5.78 Å². The van der Waals surface area contributed by atoms with Crippen LogP contribution in [0, 0.1) is 40.4 Å². The highest BCUT2D eigenvalue weighted by atomic mass is 16.6. The van der Waals surface area contributed by atoms with Gasteiger partial charge in [-0.25, -0.2) is 0 Å². The van der Waals surface area contributed by atoms with E-state index in [2.05, 4.69) is 26.8 Å². The molecule has 3 saturated carbocycles. The summed E-state index contributed by atoms with van der Waals surface area (Å²) in [5, 5.41) is 0. The van der Waals surface area contributed by atoms with Gasteiger partial charge in [0.1, 0.15) is 5.60 Å². The first-order chi connectivity index (χ1) is 12.8. The third-order valence-corrected chi connectivity index (χ3v) is 9.95. The summed E-state index contributed by atoms with van der Waals surface area (Å²) in [7, 11) is 0. The molecule has 27 heavy (non-hydrogen) atoms. The summed E-state index contributed by atoms with van der Waals surface area (Å²) >= 11 is 0. The van der Waals surface area contributed by atoms with E-state index in [0.29, 0.717) is 42.3 Å². The molecule has 4 fully saturated rings. The Bertz CT molecular complexity index is 837. The Hall–Kier alpha value is -1.38. The Balaban J connectivity index is 1.47. The average Bonchev–Trinajstić information content (AvgIpc) is 3.25. The Morgan fingerprint density at radius 1 is 1.07 bits per heavy atom. The largest absolute Gasteiger partial charge is 0.458 e. The molecule has 0 aromatic carbocycles. The monoisotopic (exact) mass is 366 g/mol. The number of esters is 1. The minimum Gasteiger partial charge on any atom is -0.458 e. The maximum Gasteiger partial charge on any atom is 0.306 e. The molecule has 3 unspecified atom stereocenters. The predicted octanol–water partition coefficient (Wildman–Crippen LogP) is 4.62. The van der Waals surface area contributed by atoms with Crippen molar-refractivity contribution >= 4 is 11.8 Å². The summed E-state index contributed by atoms with van der Waals surface area (Å²) in [6.45, 7) is 7.09. The fourth-order valence-corrected chi connectivity index (χ4v) is 8.78. The molecule has 1 spiro atoms. The van der Waals surface area contributed by atoms with E-state index in [1.165, 1.54) is 30.4 Å². The maximum absolute atomic E-state index is 12.1. The van der Waals surface area contributed by atoms with E-state index in [1.54, 1.807) is 0 Å². The predicted molar refractivity (Wildman–Crippen MR) is 102 cm³/mol. The zero-order valence-electron chi connectivity index (χ0n) is 16.7. The molecule has 6 aliphatic rings. The van der Waals surface area contributed by atoms with Gasteiger partial charge >= 0.3 is 5.97 Å². The molecule has 5 aliphatic carbocycles. The van der Waals surface area contributed by atoms with Crippen LogP contribution in [0.25, 0.3) is 0 Å². The van der Waals surface area contributed by atoms with Gasteiger partial charge in [-0.2, -0.15) is 0 Å². The number of hydrogen-bond acceptors (Lipinski definition) is 3. The number of ketones is 1. The molecule has 1 heterocycles. The molecular weight excluding hydrogens is 336 g/mol. The van der Waals surface area contributed by atoms with Gasteiger partial charge in [0.25, 0.3) is 0 Å². The molecule has 144 valence electrons. The highest BCUT2D eigenvalue weighted by molar-refractivity contribution is 5.92. The first-order valence-corrected chi connectivity index (χ1v) is 11.0. The standard InChI is InChI=1S/C24H30O3/c1-13-10-15-17(22(2)7-4-14(25)11-18(13)22)5-8-23(3)21(15)16-12-19(16)24(23)9-6-20(26)27-24/h10-11,15-17,19,21H,4-9,12H2,1-3H3/t15?,16-,17?,19+,21?,22-,23+,24-/m1/s1. The van der Waals surface area contributed by atoms with E-state index in [-0.39, 0.29) is 22.4 Å². The van der Waals surface area contributed by atoms with Crippen LogP contribution in [0.4, 0.5) is 0 Å². The molecule has 8 atom stereocenters. The second-order valence-electron chi connectivity index (χ2n) is 10.8. The lowest BCUT2D eigenvalue weighted by Gasteiger charge is -2.59. The first kappa shape index (κ1) is 16.6. The molecule has 1 aliphatic heterocycles. The fourth-order valence-electron chi connectivity index (χ4n) is 8.78. The number of carbonyl (C=O) groups is 2. The number of hydrogen-bond donors (Lipinski definition) is 0. The lowest BCUT2D eigenvalue weighted by atomic mass is 9.46. The average molecular weight is 367 g/mol. The normalized spacial score (nSPS) is 55.1. The Morgan fingerprint density at radius 3 is 2.63 bits per heavy atom. The fraction of sp³-hybridized carbons (Fsp3) is 0.750. The van der Waals surface area contributed by atoms with Crippen molar-refractivity contribution in [1.82, 2.24) is 0 Å². The van der Waals surface area contributed by atoms with E-state index in [1.807, 2.05) is 6.08 Å². The van der Waals surface area contributed by atoms with Gasteiger partial charge in [-0.1, -0.05) is 25.5 Å². The lowest BCUT2D eigenvalue weighted by molar-refractivity contribution is -0.172. The van der Waals surface area contributed by atoms with Gasteiger partial charge < -0.3 is 4.74 Å². The van der Waals surface area contributed by atoms with E-state index >= 15 is 0 Å². The van der Waals surface area contributed by atoms with Crippen LogP contribution in [0.1, 0.15) is 65.7 Å². The van der Waals surface area contributed by atoms with E-state index < -0.39 is 0 Å². The van der Waals surface area contributed by atoms with Gasteiger partial charge in [0, 0.05) is 24.2 Å². The van der Waals surface area contributed by atoms with Gasteiger partial charge in [-0.05, 0) is 79.8 Å². The molecule has 3 nitrogen and oxygen atoms in total. The van der Waals surface area contributed by atoms with Crippen molar-refractivity contribution in [3.05, 3.63) is 23.3 Å². The molecular formula is C24H30O3. The van der Waals surface area contributed by atoms with Crippen molar-refractivity contribution in [2.24, 2.45) is 40.4 Å². The van der Waals surface area contributed by atoms with E-state index in [9.17, 15) is 9.59 Å². The summed E-state index contributed by atoms with van der Waals surface area (Å²) in [6, 6.07) is 0. The minimum absolute atomic E-state index is 0.0305. The van der Waals surface area contributed by atoms with Gasteiger partial charge in [0.05, 0.1) is 0 Å². The van der Waals surface area contributed by atoms with Crippen LogP contribution in [0.3, 0.4) is 0 Å². The lowest BCUT2D eigenvalue weighted by Crippen LogP contribution is -2.56. The number of fused-ring (bicyclic) bond motifs is 9. The molecule has 6 rings (SSSR count). The van der Waals surface area contributed by atoms with Crippen LogP contribution in [-0.2, 0) is 14.3 Å². The van der Waals surface area contributed by atoms with Gasteiger partial charge in [-0.15, -0.1) is 0 Å². The van der Waals surface area contributed by atoms with Crippen LogP contribution in [0.15, 0.2) is 23.3 Å². The first-order valence-electron chi connectivity index (χ1n) is 11.0. The van der Waals surface area contributed by atoms with Gasteiger partial charge in [-0.3, -0.25) is 9.59 Å². The molecule has 0 aromatic heterocycles. The second kappa shape index (κ2) is 4.78. The van der Waals surface area contributed by atoms with Crippen molar-refractivity contribution in [1.29, 1.82) is 0 Å². The zero-order chi connectivity index (χ0) is 18.8. The summed E-state index contributed by atoms with van der Waals surface area (Å²) in [4.78, 5) is 24.2. The summed E-state index contributed by atoms with van der Waals surface area (Å²) < 4.78 is 6.17. The highest BCUT2D eigenvalue weighted by Crippen LogP contribution is 2.78. The van der Waals surface area contributed by atoms with Crippen LogP contribution >= 0.6 is 0 Å². The van der Waals surface area contributed by atoms with E-state index in [4.69, 9.17) is 4.74 Å². The van der Waals surface area contributed by atoms with Crippen molar-refractivity contribution in [3.8, 4) is 0 Å². The molecule has 0 bridgehead atoms. The van der Waals surface area contributed by atoms with Crippen molar-refractivity contribution < 1.29 is 14.3 Å². The SMILES string of the molecule is CC1=CC2C(CC[C@@]3(C)C2[C@@H]2C[C@@H]2[C@]32CCC(=O)O2)[C@@]2(C)CCC(=O)C=C12. The summed E-state index contributed by atoms with van der Waals surface area (Å²) in [6.07, 6.45) is 11.3. The number of rotatable bonds is 0. The van der Waals surface area contributed by atoms with Crippen molar-refractivity contribution in [2.75, 3.05) is 0 Å². The van der Waals surface area contributed by atoms with Crippen LogP contribution in [0.2, 0.25) is 0 Å². The molecule has 0 amide bonds. The Kier molecular flexibility index (Phi) is 2.93. The molecule has 0 N–H and O–H groups in total. The molecule has 0 radical (unpaired) electrons. The smallest absolute Gasteiger partial charge is 0.306 e. The number of ether oxygens (including phenoxy) is 1. The quantitative estimate of drug-likeness (QED) is 0.588. The summed E-state index contributed by atoms with van der Waals surface area (Å²) in [5.41, 5.74) is 2.75. The second-order valence-corrected chi connectivity index (χ2v) is 10.8. The van der Waals surface area contributed by atoms with E-state index in [0.717, 1.165) is 18.8 Å².